The summed E-state index contributed by atoms with van der Waals surface area (Å²) >= 11 is 0.711. The van der Waals surface area contributed by atoms with E-state index in [1.54, 1.807) is 0 Å². The van der Waals surface area contributed by atoms with Gasteiger partial charge in [-0.25, -0.2) is 4.98 Å². The second-order valence-corrected chi connectivity index (χ2v) is 4.40. The summed E-state index contributed by atoms with van der Waals surface area (Å²) in [7, 11) is 0. The molecule has 0 radical (unpaired) electrons. The minimum atomic E-state index is -4.30. The normalized spacial score (nSPS) is 17.4. The van der Waals surface area contributed by atoms with Crippen LogP contribution in [0.3, 0.4) is 0 Å². The first kappa shape index (κ1) is 9.92. The van der Waals surface area contributed by atoms with Crippen LogP contribution in [-0.4, -0.2) is 11.0 Å². The van der Waals surface area contributed by atoms with Crippen molar-refractivity contribution in [3.05, 3.63) is 16.1 Å². The van der Waals surface area contributed by atoms with Gasteiger partial charge in [0.25, 0.3) is 0 Å². The highest BCUT2D eigenvalue weighted by atomic mass is 32.1. The van der Waals surface area contributed by atoms with Gasteiger partial charge in [0.15, 0.2) is 5.01 Å². The highest BCUT2D eigenvalue weighted by Crippen LogP contribution is 2.32. The van der Waals surface area contributed by atoms with Crippen LogP contribution in [0.2, 0.25) is 0 Å². The molecule has 1 aromatic rings. The number of rotatable bonds is 3. The van der Waals surface area contributed by atoms with Crippen molar-refractivity contribution in [3.8, 4) is 0 Å². The van der Waals surface area contributed by atoms with Gasteiger partial charge in [-0.3, -0.25) is 0 Å². The zero-order valence-corrected chi connectivity index (χ0v) is 8.08. The lowest BCUT2D eigenvalue weighted by molar-refractivity contribution is -0.137. The molecule has 1 aliphatic rings. The molecule has 0 saturated heterocycles. The van der Waals surface area contributed by atoms with E-state index in [4.69, 9.17) is 0 Å². The molecule has 0 atom stereocenters. The van der Waals surface area contributed by atoms with E-state index in [0.717, 1.165) is 12.8 Å². The standard InChI is InChI=1S/C8H9F3N2S/c9-8(10,11)7-13-4-6(14-7)3-12-5-1-2-5/h4-5,12H,1-3H2. The molecule has 1 heterocycles. The number of halogens is 3. The summed E-state index contributed by atoms with van der Waals surface area (Å²) in [5.41, 5.74) is 0. The van der Waals surface area contributed by atoms with Crippen LogP contribution in [0.4, 0.5) is 13.2 Å². The van der Waals surface area contributed by atoms with Crippen LogP contribution >= 0.6 is 11.3 Å². The molecule has 14 heavy (non-hydrogen) atoms. The molecule has 2 rings (SSSR count). The van der Waals surface area contributed by atoms with Gasteiger partial charge in [-0.15, -0.1) is 11.3 Å². The van der Waals surface area contributed by atoms with Crippen molar-refractivity contribution in [2.75, 3.05) is 0 Å². The SMILES string of the molecule is FC(F)(F)c1ncc(CNC2CC2)s1. The Morgan fingerprint density at radius 1 is 1.50 bits per heavy atom. The van der Waals surface area contributed by atoms with Crippen molar-refractivity contribution in [1.82, 2.24) is 10.3 Å². The van der Waals surface area contributed by atoms with E-state index in [1.807, 2.05) is 0 Å². The summed E-state index contributed by atoms with van der Waals surface area (Å²) < 4.78 is 36.4. The van der Waals surface area contributed by atoms with E-state index in [1.165, 1.54) is 6.20 Å². The number of hydrogen-bond donors (Lipinski definition) is 1. The molecule has 1 fully saturated rings. The molecular formula is C8H9F3N2S. The largest absolute Gasteiger partial charge is 0.443 e. The summed E-state index contributed by atoms with van der Waals surface area (Å²) in [5, 5.41) is 2.38. The lowest BCUT2D eigenvalue weighted by Crippen LogP contribution is -2.14. The Bertz CT molecular complexity index is 317. The third kappa shape index (κ3) is 2.45. The van der Waals surface area contributed by atoms with Crippen LogP contribution in [0.15, 0.2) is 6.20 Å². The average Bonchev–Trinajstić information content (AvgIpc) is 2.77. The number of nitrogens with one attached hydrogen (secondary N) is 1. The molecule has 1 N–H and O–H groups in total. The summed E-state index contributed by atoms with van der Waals surface area (Å²) in [4.78, 5) is 3.98. The first-order valence-electron chi connectivity index (χ1n) is 4.31. The van der Waals surface area contributed by atoms with Crippen LogP contribution in [0.25, 0.3) is 0 Å². The van der Waals surface area contributed by atoms with Crippen molar-refractivity contribution in [2.24, 2.45) is 0 Å². The minimum absolute atomic E-state index is 0.498. The van der Waals surface area contributed by atoms with Crippen molar-refractivity contribution >= 4 is 11.3 Å². The van der Waals surface area contributed by atoms with Gasteiger partial charge in [0, 0.05) is 23.7 Å². The molecule has 0 spiro atoms. The molecule has 1 aromatic heterocycles. The quantitative estimate of drug-likeness (QED) is 0.849. The van der Waals surface area contributed by atoms with Crippen LogP contribution in [0.5, 0.6) is 0 Å². The third-order valence-corrected chi connectivity index (χ3v) is 2.98. The topological polar surface area (TPSA) is 24.9 Å². The number of nitrogens with zero attached hydrogens (tertiary/aromatic N) is 1. The molecule has 0 aromatic carbocycles. The average molecular weight is 222 g/mol. The van der Waals surface area contributed by atoms with Gasteiger partial charge < -0.3 is 5.32 Å². The predicted octanol–water partition coefficient (Wildman–Crippen LogP) is 2.41. The zero-order chi connectivity index (χ0) is 10.2. The van der Waals surface area contributed by atoms with Crippen molar-refractivity contribution < 1.29 is 13.2 Å². The van der Waals surface area contributed by atoms with E-state index < -0.39 is 11.2 Å². The monoisotopic (exact) mass is 222 g/mol. The first-order valence-corrected chi connectivity index (χ1v) is 5.12. The Balaban J connectivity index is 1.94. The van der Waals surface area contributed by atoms with Gasteiger partial charge in [-0.1, -0.05) is 0 Å². The van der Waals surface area contributed by atoms with Gasteiger partial charge in [0.05, 0.1) is 0 Å². The summed E-state index contributed by atoms with van der Waals surface area (Å²) in [6.07, 6.45) is -0.749. The van der Waals surface area contributed by atoms with Gasteiger partial charge in [0.2, 0.25) is 0 Å². The summed E-state index contributed by atoms with van der Waals surface area (Å²) in [5.74, 6) is 0. The van der Waals surface area contributed by atoms with Crippen LogP contribution in [0, 0.1) is 0 Å². The van der Waals surface area contributed by atoms with Crippen molar-refractivity contribution in [2.45, 2.75) is 31.6 Å². The Morgan fingerprint density at radius 3 is 2.71 bits per heavy atom. The second kappa shape index (κ2) is 3.51. The molecule has 0 bridgehead atoms. The molecule has 0 aliphatic heterocycles. The number of alkyl halides is 3. The predicted molar refractivity (Wildman–Crippen MR) is 47.0 cm³/mol. The van der Waals surface area contributed by atoms with Gasteiger partial charge >= 0.3 is 6.18 Å². The van der Waals surface area contributed by atoms with Gasteiger partial charge in [-0.05, 0) is 12.8 Å². The number of thiazole rings is 1. The van der Waals surface area contributed by atoms with Crippen LogP contribution < -0.4 is 5.32 Å². The number of aromatic nitrogens is 1. The Hall–Kier alpha value is -0.620. The molecule has 1 saturated carbocycles. The van der Waals surface area contributed by atoms with Crippen molar-refractivity contribution in [3.63, 3.8) is 0 Å². The Kier molecular flexibility index (Phi) is 2.48. The maximum atomic E-state index is 12.1. The van der Waals surface area contributed by atoms with Crippen molar-refractivity contribution in [1.29, 1.82) is 0 Å². The molecular weight excluding hydrogens is 213 g/mol. The summed E-state index contributed by atoms with van der Waals surface area (Å²) in [6, 6.07) is 0.506. The van der Waals surface area contributed by atoms with Crippen LogP contribution in [-0.2, 0) is 12.7 Å². The smallest absolute Gasteiger partial charge is 0.309 e. The van der Waals surface area contributed by atoms with E-state index in [-0.39, 0.29) is 0 Å². The second-order valence-electron chi connectivity index (χ2n) is 3.28. The number of hydrogen-bond acceptors (Lipinski definition) is 3. The van der Waals surface area contributed by atoms with E-state index >= 15 is 0 Å². The molecule has 2 nitrogen and oxygen atoms in total. The highest BCUT2D eigenvalue weighted by molar-refractivity contribution is 7.11. The molecule has 0 amide bonds. The Morgan fingerprint density at radius 2 is 2.21 bits per heavy atom. The molecule has 0 unspecified atom stereocenters. The molecule has 78 valence electrons. The zero-order valence-electron chi connectivity index (χ0n) is 7.27. The minimum Gasteiger partial charge on any atom is -0.309 e. The van der Waals surface area contributed by atoms with E-state index in [0.29, 0.717) is 28.8 Å². The van der Waals surface area contributed by atoms with Crippen LogP contribution in [0.1, 0.15) is 22.7 Å². The van der Waals surface area contributed by atoms with E-state index in [2.05, 4.69) is 10.3 Å². The highest BCUT2D eigenvalue weighted by Gasteiger charge is 2.34. The molecule has 1 aliphatic carbocycles. The third-order valence-electron chi connectivity index (χ3n) is 1.94. The first-order chi connectivity index (χ1) is 6.55. The Labute approximate surface area is 83.2 Å². The van der Waals surface area contributed by atoms with Gasteiger partial charge in [0.1, 0.15) is 0 Å². The fraction of sp³-hybridized carbons (Fsp3) is 0.625. The fourth-order valence-corrected chi connectivity index (χ4v) is 1.78. The lowest BCUT2D eigenvalue weighted by Gasteiger charge is -1.99. The molecule has 6 heteroatoms. The maximum absolute atomic E-state index is 12.1. The fourth-order valence-electron chi connectivity index (χ4n) is 1.05. The maximum Gasteiger partial charge on any atom is 0.443 e. The lowest BCUT2D eigenvalue weighted by atomic mass is 10.5. The summed E-state index contributed by atoms with van der Waals surface area (Å²) in [6.45, 7) is 0.498. The van der Waals surface area contributed by atoms with E-state index in [9.17, 15) is 13.2 Å². The van der Waals surface area contributed by atoms with Gasteiger partial charge in [-0.2, -0.15) is 13.2 Å².